The van der Waals surface area contributed by atoms with Crippen LogP contribution >= 0.6 is 15.9 Å². The molecule has 112 valence electrons. The Morgan fingerprint density at radius 2 is 2.10 bits per heavy atom. The van der Waals surface area contributed by atoms with Crippen LogP contribution in [0.15, 0.2) is 22.7 Å². The number of amides is 2. The van der Waals surface area contributed by atoms with Crippen molar-refractivity contribution in [3.8, 4) is 0 Å². The first-order valence-electron chi connectivity index (χ1n) is 7.02. The zero-order chi connectivity index (χ0) is 15.1. The molecule has 1 heterocycles. The lowest BCUT2D eigenvalue weighted by atomic mass is 10.0. The molecule has 1 saturated carbocycles. The van der Waals surface area contributed by atoms with E-state index in [9.17, 15) is 14.0 Å². The standard InChI is InChI=1S/C15H16BrFN2O2/c1-8-14(20)18-13(9-2-3-9)15(21)19(8)7-10-4-5-11(16)6-12(10)17/h4-6,8-9,13H,2-3,7H2,1H3,(H,18,20). The Bertz CT molecular complexity index is 603. The van der Waals surface area contributed by atoms with Crippen LogP contribution in [0.25, 0.3) is 0 Å². The highest BCUT2D eigenvalue weighted by Gasteiger charge is 2.45. The summed E-state index contributed by atoms with van der Waals surface area (Å²) in [5.41, 5.74) is 0.419. The lowest BCUT2D eigenvalue weighted by Gasteiger charge is -2.37. The van der Waals surface area contributed by atoms with Crippen LogP contribution < -0.4 is 5.32 Å². The normalized spacial score (nSPS) is 26.0. The summed E-state index contributed by atoms with van der Waals surface area (Å²) in [6.45, 7) is 1.79. The average molecular weight is 355 g/mol. The van der Waals surface area contributed by atoms with E-state index < -0.39 is 12.1 Å². The van der Waals surface area contributed by atoms with Crippen LogP contribution in [0.4, 0.5) is 4.39 Å². The lowest BCUT2D eigenvalue weighted by Crippen LogP contribution is -2.62. The van der Waals surface area contributed by atoms with Crippen molar-refractivity contribution < 1.29 is 14.0 Å². The van der Waals surface area contributed by atoms with Crippen LogP contribution in [0.5, 0.6) is 0 Å². The van der Waals surface area contributed by atoms with Crippen LogP contribution in [0.2, 0.25) is 0 Å². The van der Waals surface area contributed by atoms with Gasteiger partial charge in [0.25, 0.3) is 0 Å². The van der Waals surface area contributed by atoms with Gasteiger partial charge in [-0.15, -0.1) is 0 Å². The van der Waals surface area contributed by atoms with E-state index in [1.165, 1.54) is 11.0 Å². The third-order valence-corrected chi connectivity index (χ3v) is 4.64. The Hall–Kier alpha value is -1.43. The van der Waals surface area contributed by atoms with E-state index in [-0.39, 0.29) is 30.1 Å². The number of halogens is 2. The van der Waals surface area contributed by atoms with Crippen molar-refractivity contribution in [2.24, 2.45) is 5.92 Å². The molecule has 6 heteroatoms. The number of hydrogen-bond acceptors (Lipinski definition) is 2. The van der Waals surface area contributed by atoms with Crippen LogP contribution in [-0.4, -0.2) is 28.8 Å². The molecule has 1 saturated heterocycles. The van der Waals surface area contributed by atoms with Crippen LogP contribution in [0, 0.1) is 11.7 Å². The van der Waals surface area contributed by atoms with Gasteiger partial charge in [0.15, 0.2) is 0 Å². The summed E-state index contributed by atoms with van der Waals surface area (Å²) in [5, 5.41) is 2.79. The molecule has 0 aromatic heterocycles. The van der Waals surface area contributed by atoms with Gasteiger partial charge in [-0.05, 0) is 37.8 Å². The van der Waals surface area contributed by atoms with Gasteiger partial charge in [0, 0.05) is 16.6 Å². The van der Waals surface area contributed by atoms with E-state index in [0.29, 0.717) is 10.0 Å². The van der Waals surface area contributed by atoms with Crippen molar-refractivity contribution in [2.45, 2.75) is 38.4 Å². The zero-order valence-corrected chi connectivity index (χ0v) is 13.2. The fraction of sp³-hybridized carbons (Fsp3) is 0.467. The maximum atomic E-state index is 14.0. The molecule has 2 unspecified atom stereocenters. The van der Waals surface area contributed by atoms with Crippen molar-refractivity contribution >= 4 is 27.7 Å². The summed E-state index contributed by atoms with van der Waals surface area (Å²) in [7, 11) is 0. The first-order chi connectivity index (χ1) is 9.97. The number of carbonyl (C=O) groups excluding carboxylic acids is 2. The second-order valence-corrected chi connectivity index (χ2v) is 6.62. The zero-order valence-electron chi connectivity index (χ0n) is 11.6. The molecule has 2 fully saturated rings. The van der Waals surface area contributed by atoms with E-state index in [1.54, 1.807) is 19.1 Å². The highest BCUT2D eigenvalue weighted by molar-refractivity contribution is 9.10. The van der Waals surface area contributed by atoms with Gasteiger partial charge in [0.05, 0.1) is 0 Å². The van der Waals surface area contributed by atoms with E-state index in [4.69, 9.17) is 0 Å². The molecule has 0 spiro atoms. The molecular weight excluding hydrogens is 339 g/mol. The van der Waals surface area contributed by atoms with E-state index in [1.807, 2.05) is 0 Å². The molecule has 1 N–H and O–H groups in total. The summed E-state index contributed by atoms with van der Waals surface area (Å²) in [6, 6.07) is 3.73. The smallest absolute Gasteiger partial charge is 0.246 e. The molecule has 2 aliphatic rings. The number of piperazine rings is 1. The molecule has 1 aliphatic heterocycles. The van der Waals surface area contributed by atoms with Crippen molar-refractivity contribution in [1.29, 1.82) is 0 Å². The number of rotatable bonds is 3. The second kappa shape index (κ2) is 5.40. The van der Waals surface area contributed by atoms with Gasteiger partial charge >= 0.3 is 0 Å². The van der Waals surface area contributed by atoms with Crippen LogP contribution in [0.3, 0.4) is 0 Å². The highest BCUT2D eigenvalue weighted by atomic mass is 79.9. The summed E-state index contributed by atoms with van der Waals surface area (Å²) >= 11 is 3.21. The first kappa shape index (κ1) is 14.5. The molecule has 2 amide bonds. The SMILES string of the molecule is CC1C(=O)NC(C2CC2)C(=O)N1Cc1ccc(Br)cc1F. The average Bonchev–Trinajstić information content (AvgIpc) is 3.25. The van der Waals surface area contributed by atoms with E-state index in [2.05, 4.69) is 21.2 Å². The molecule has 3 rings (SSSR count). The van der Waals surface area contributed by atoms with E-state index in [0.717, 1.165) is 12.8 Å². The Morgan fingerprint density at radius 3 is 2.71 bits per heavy atom. The number of carbonyl (C=O) groups is 2. The molecule has 1 aromatic rings. The van der Waals surface area contributed by atoms with Gasteiger partial charge in [-0.2, -0.15) is 0 Å². The predicted octanol–water partition coefficient (Wildman–Crippen LogP) is 2.21. The maximum Gasteiger partial charge on any atom is 0.246 e. The Labute approximate surface area is 130 Å². The molecule has 0 bridgehead atoms. The third-order valence-electron chi connectivity index (χ3n) is 4.14. The number of nitrogens with zero attached hydrogens (tertiary/aromatic N) is 1. The molecule has 1 aromatic carbocycles. The summed E-state index contributed by atoms with van der Waals surface area (Å²) in [6.07, 6.45) is 1.93. The van der Waals surface area contributed by atoms with Crippen molar-refractivity contribution in [3.05, 3.63) is 34.1 Å². The minimum absolute atomic E-state index is 0.105. The minimum atomic E-state index is -0.574. The second-order valence-electron chi connectivity index (χ2n) is 5.70. The monoisotopic (exact) mass is 354 g/mol. The van der Waals surface area contributed by atoms with Gasteiger partial charge in [0.1, 0.15) is 17.9 Å². The fourth-order valence-corrected chi connectivity index (χ4v) is 2.98. The molecule has 4 nitrogen and oxygen atoms in total. The van der Waals surface area contributed by atoms with Gasteiger partial charge in [-0.1, -0.05) is 22.0 Å². The van der Waals surface area contributed by atoms with Gasteiger partial charge in [-0.3, -0.25) is 9.59 Å². The Morgan fingerprint density at radius 1 is 1.38 bits per heavy atom. The quantitative estimate of drug-likeness (QED) is 0.904. The largest absolute Gasteiger partial charge is 0.342 e. The fourth-order valence-electron chi connectivity index (χ4n) is 2.64. The minimum Gasteiger partial charge on any atom is -0.342 e. The number of benzene rings is 1. The van der Waals surface area contributed by atoms with Gasteiger partial charge < -0.3 is 10.2 Å². The summed E-state index contributed by atoms with van der Waals surface area (Å²) in [5.74, 6) is -0.402. The molecule has 1 aliphatic carbocycles. The Balaban J connectivity index is 1.84. The first-order valence-corrected chi connectivity index (χ1v) is 7.81. The molecule has 0 radical (unpaired) electrons. The topological polar surface area (TPSA) is 49.4 Å². The third kappa shape index (κ3) is 2.81. The van der Waals surface area contributed by atoms with Crippen LogP contribution in [0.1, 0.15) is 25.3 Å². The van der Waals surface area contributed by atoms with Crippen molar-refractivity contribution in [3.63, 3.8) is 0 Å². The number of hydrogen-bond donors (Lipinski definition) is 1. The van der Waals surface area contributed by atoms with Crippen LogP contribution in [-0.2, 0) is 16.1 Å². The van der Waals surface area contributed by atoms with Gasteiger partial charge in [-0.25, -0.2) is 4.39 Å². The van der Waals surface area contributed by atoms with Crippen molar-refractivity contribution in [1.82, 2.24) is 10.2 Å². The van der Waals surface area contributed by atoms with E-state index >= 15 is 0 Å². The molecular formula is C15H16BrFN2O2. The summed E-state index contributed by atoms with van der Waals surface area (Å²) < 4.78 is 14.6. The predicted molar refractivity (Wildman–Crippen MR) is 78.8 cm³/mol. The summed E-state index contributed by atoms with van der Waals surface area (Å²) in [4.78, 5) is 26.0. The van der Waals surface area contributed by atoms with Crippen molar-refractivity contribution in [2.75, 3.05) is 0 Å². The Kier molecular flexibility index (Phi) is 3.73. The lowest BCUT2D eigenvalue weighted by molar-refractivity contribution is -0.150. The molecule has 21 heavy (non-hydrogen) atoms. The maximum absolute atomic E-state index is 14.0. The highest BCUT2D eigenvalue weighted by Crippen LogP contribution is 2.35. The number of nitrogens with one attached hydrogen (secondary N) is 1. The molecule has 2 atom stereocenters. The van der Waals surface area contributed by atoms with Gasteiger partial charge in [0.2, 0.25) is 11.8 Å².